The van der Waals surface area contributed by atoms with Crippen LogP contribution in [0.3, 0.4) is 0 Å². The summed E-state index contributed by atoms with van der Waals surface area (Å²) in [6.07, 6.45) is 0.837. The van der Waals surface area contributed by atoms with Crippen LogP contribution in [0.25, 0.3) is 0 Å². The first-order chi connectivity index (χ1) is 8.60. The molecule has 1 heterocycles. The molecule has 4 nitrogen and oxygen atoms in total. The second kappa shape index (κ2) is 5.04. The highest BCUT2D eigenvalue weighted by atomic mass is 16.5. The minimum absolute atomic E-state index is 0.336. The third kappa shape index (κ3) is 2.59. The van der Waals surface area contributed by atoms with Crippen LogP contribution in [-0.4, -0.2) is 11.4 Å². The second-order valence-electron chi connectivity index (χ2n) is 4.32. The van der Waals surface area contributed by atoms with Crippen LogP contribution in [-0.2, 0) is 6.61 Å². The van der Waals surface area contributed by atoms with Gasteiger partial charge in [0.2, 0.25) is 0 Å². The summed E-state index contributed by atoms with van der Waals surface area (Å²) in [4.78, 5) is 10.7. The summed E-state index contributed by atoms with van der Waals surface area (Å²) in [5, 5.41) is 3.80. The van der Waals surface area contributed by atoms with Gasteiger partial charge in [0, 0.05) is 11.6 Å². The van der Waals surface area contributed by atoms with Crippen molar-refractivity contribution in [1.29, 1.82) is 0 Å². The number of aryl methyl sites for hydroxylation is 3. The lowest BCUT2D eigenvalue weighted by molar-refractivity contribution is 0.112. The van der Waals surface area contributed by atoms with Crippen LogP contribution in [0, 0.1) is 20.8 Å². The quantitative estimate of drug-likeness (QED) is 0.777. The van der Waals surface area contributed by atoms with E-state index in [0.29, 0.717) is 17.9 Å². The maximum absolute atomic E-state index is 10.7. The summed E-state index contributed by atoms with van der Waals surface area (Å²) in [5.74, 6) is 1.47. The molecule has 0 unspecified atom stereocenters. The first-order valence-electron chi connectivity index (χ1n) is 5.71. The molecule has 0 radical (unpaired) electrons. The van der Waals surface area contributed by atoms with E-state index in [2.05, 4.69) is 5.16 Å². The van der Waals surface area contributed by atoms with E-state index in [1.54, 1.807) is 12.1 Å². The Kier molecular flexibility index (Phi) is 3.46. The topological polar surface area (TPSA) is 52.3 Å². The Morgan fingerprint density at radius 2 is 1.89 bits per heavy atom. The molecule has 0 spiro atoms. The van der Waals surface area contributed by atoms with Gasteiger partial charge in [0.15, 0.2) is 5.76 Å². The number of aldehydes is 1. The molecular formula is C14H15NO3. The molecule has 94 valence electrons. The summed E-state index contributed by atoms with van der Waals surface area (Å²) in [6, 6.07) is 5.45. The predicted octanol–water partition coefficient (Wildman–Crippen LogP) is 2.99. The molecular weight excluding hydrogens is 230 g/mol. The van der Waals surface area contributed by atoms with Crippen molar-refractivity contribution in [3.63, 3.8) is 0 Å². The average molecular weight is 245 g/mol. The molecule has 0 saturated heterocycles. The van der Waals surface area contributed by atoms with Gasteiger partial charge < -0.3 is 9.26 Å². The molecule has 0 bridgehead atoms. The van der Waals surface area contributed by atoms with Gasteiger partial charge in [-0.15, -0.1) is 0 Å². The van der Waals surface area contributed by atoms with Gasteiger partial charge in [-0.2, -0.15) is 0 Å². The fourth-order valence-electron chi connectivity index (χ4n) is 1.91. The van der Waals surface area contributed by atoms with Gasteiger partial charge in [0.1, 0.15) is 18.6 Å². The number of benzene rings is 1. The maximum Gasteiger partial charge on any atom is 0.174 e. The van der Waals surface area contributed by atoms with Crippen molar-refractivity contribution in [2.45, 2.75) is 27.4 Å². The molecule has 0 saturated carbocycles. The Bertz CT molecular complexity index is 549. The van der Waals surface area contributed by atoms with E-state index in [1.165, 1.54) is 0 Å². The van der Waals surface area contributed by atoms with Crippen molar-refractivity contribution >= 4 is 6.29 Å². The van der Waals surface area contributed by atoms with Gasteiger partial charge in [-0.25, -0.2) is 0 Å². The lowest BCUT2D eigenvalue weighted by atomic mass is 10.1. The zero-order valence-electron chi connectivity index (χ0n) is 10.7. The standard InChI is InChI=1S/C14H15NO3/c1-9-4-12(7-16)5-10(2)14(9)17-8-13-6-11(3)15-18-13/h4-7H,8H2,1-3H3. The fourth-order valence-corrected chi connectivity index (χ4v) is 1.91. The third-order valence-corrected chi connectivity index (χ3v) is 2.65. The van der Waals surface area contributed by atoms with E-state index in [0.717, 1.165) is 28.9 Å². The Labute approximate surface area is 106 Å². The third-order valence-electron chi connectivity index (χ3n) is 2.65. The molecule has 0 amide bonds. The lowest BCUT2D eigenvalue weighted by Crippen LogP contribution is -1.99. The number of aromatic nitrogens is 1. The maximum atomic E-state index is 10.7. The Morgan fingerprint density at radius 3 is 2.39 bits per heavy atom. The van der Waals surface area contributed by atoms with Gasteiger partial charge >= 0.3 is 0 Å². The van der Waals surface area contributed by atoms with Crippen molar-refractivity contribution in [2.75, 3.05) is 0 Å². The number of nitrogens with zero attached hydrogens (tertiary/aromatic N) is 1. The average Bonchev–Trinajstić information content (AvgIpc) is 2.73. The highest BCUT2D eigenvalue weighted by Crippen LogP contribution is 2.25. The van der Waals surface area contributed by atoms with Gasteiger partial charge in [-0.05, 0) is 44.0 Å². The van der Waals surface area contributed by atoms with Crippen molar-refractivity contribution in [1.82, 2.24) is 5.16 Å². The first-order valence-corrected chi connectivity index (χ1v) is 5.71. The zero-order chi connectivity index (χ0) is 13.1. The van der Waals surface area contributed by atoms with Crippen LogP contribution in [0.5, 0.6) is 5.75 Å². The fraction of sp³-hybridized carbons (Fsp3) is 0.286. The molecule has 2 rings (SSSR count). The predicted molar refractivity (Wildman–Crippen MR) is 66.9 cm³/mol. The van der Waals surface area contributed by atoms with E-state index in [1.807, 2.05) is 26.8 Å². The molecule has 1 aromatic carbocycles. The first kappa shape index (κ1) is 12.4. The van der Waals surface area contributed by atoms with E-state index >= 15 is 0 Å². The summed E-state index contributed by atoms with van der Waals surface area (Å²) in [5.41, 5.74) is 3.37. The van der Waals surface area contributed by atoms with Crippen molar-refractivity contribution < 1.29 is 14.1 Å². The SMILES string of the molecule is Cc1cc(COc2c(C)cc(C=O)cc2C)on1. The zero-order valence-corrected chi connectivity index (χ0v) is 10.7. The summed E-state index contributed by atoms with van der Waals surface area (Å²) in [6.45, 7) is 6.03. The molecule has 0 fully saturated rings. The van der Waals surface area contributed by atoms with Crippen LogP contribution >= 0.6 is 0 Å². The highest BCUT2D eigenvalue weighted by Gasteiger charge is 2.08. The van der Waals surface area contributed by atoms with Crippen LogP contribution in [0.1, 0.15) is 32.9 Å². The number of ether oxygens (including phenoxy) is 1. The van der Waals surface area contributed by atoms with Crippen LogP contribution in [0.2, 0.25) is 0 Å². The molecule has 0 aliphatic rings. The van der Waals surface area contributed by atoms with Crippen molar-refractivity contribution in [3.8, 4) is 5.75 Å². The van der Waals surface area contributed by atoms with Crippen LogP contribution < -0.4 is 4.74 Å². The number of carbonyl (C=O) groups is 1. The Balaban J connectivity index is 2.16. The lowest BCUT2D eigenvalue weighted by Gasteiger charge is -2.11. The molecule has 18 heavy (non-hydrogen) atoms. The molecule has 0 aliphatic heterocycles. The summed E-state index contributed by atoms with van der Waals surface area (Å²) in [7, 11) is 0. The highest BCUT2D eigenvalue weighted by molar-refractivity contribution is 5.76. The smallest absolute Gasteiger partial charge is 0.174 e. The molecule has 0 aliphatic carbocycles. The summed E-state index contributed by atoms with van der Waals surface area (Å²) >= 11 is 0. The van der Waals surface area contributed by atoms with Gasteiger partial charge in [0.25, 0.3) is 0 Å². The molecule has 2 aromatic rings. The van der Waals surface area contributed by atoms with Gasteiger partial charge in [-0.1, -0.05) is 5.16 Å². The Morgan fingerprint density at radius 1 is 1.22 bits per heavy atom. The van der Waals surface area contributed by atoms with E-state index < -0.39 is 0 Å². The molecule has 4 heteroatoms. The monoisotopic (exact) mass is 245 g/mol. The second-order valence-corrected chi connectivity index (χ2v) is 4.32. The van der Waals surface area contributed by atoms with Gasteiger partial charge in [-0.3, -0.25) is 4.79 Å². The normalized spacial score (nSPS) is 10.4. The van der Waals surface area contributed by atoms with E-state index in [9.17, 15) is 4.79 Å². The number of hydrogen-bond acceptors (Lipinski definition) is 4. The number of carbonyl (C=O) groups excluding carboxylic acids is 1. The van der Waals surface area contributed by atoms with E-state index in [4.69, 9.17) is 9.26 Å². The molecule has 1 aromatic heterocycles. The van der Waals surface area contributed by atoms with Crippen LogP contribution in [0.4, 0.5) is 0 Å². The van der Waals surface area contributed by atoms with Crippen molar-refractivity contribution in [2.24, 2.45) is 0 Å². The van der Waals surface area contributed by atoms with Gasteiger partial charge in [0.05, 0.1) is 5.69 Å². The van der Waals surface area contributed by atoms with E-state index in [-0.39, 0.29) is 0 Å². The largest absolute Gasteiger partial charge is 0.485 e. The minimum atomic E-state index is 0.336. The Hall–Kier alpha value is -2.10. The minimum Gasteiger partial charge on any atom is -0.485 e. The van der Waals surface area contributed by atoms with Crippen LogP contribution in [0.15, 0.2) is 22.7 Å². The molecule has 0 N–H and O–H groups in total. The molecule has 0 atom stereocenters. The number of rotatable bonds is 4. The van der Waals surface area contributed by atoms with Crippen molar-refractivity contribution in [3.05, 3.63) is 46.3 Å². The number of hydrogen-bond donors (Lipinski definition) is 0. The summed E-state index contributed by atoms with van der Waals surface area (Å²) < 4.78 is 10.8.